The predicted molar refractivity (Wildman–Crippen MR) is 62.6 cm³/mol. The van der Waals surface area contributed by atoms with Gasteiger partial charge in [-0.05, 0) is 24.6 Å². The van der Waals surface area contributed by atoms with Crippen LogP contribution in [0.25, 0.3) is 0 Å². The van der Waals surface area contributed by atoms with Gasteiger partial charge in [0.2, 0.25) is 0 Å². The first-order chi connectivity index (χ1) is 7.97. The van der Waals surface area contributed by atoms with Gasteiger partial charge in [0.15, 0.2) is 5.78 Å². The molecule has 0 fully saturated rings. The molecule has 0 spiro atoms. The lowest BCUT2D eigenvalue weighted by atomic mass is 9.99. The molecule has 4 nitrogen and oxygen atoms in total. The molecule has 0 aromatic heterocycles. The van der Waals surface area contributed by atoms with Crippen LogP contribution in [0, 0.1) is 0 Å². The van der Waals surface area contributed by atoms with Crippen molar-refractivity contribution < 1.29 is 19.4 Å². The van der Waals surface area contributed by atoms with Crippen LogP contribution in [0.3, 0.4) is 0 Å². The van der Waals surface area contributed by atoms with Crippen molar-refractivity contribution in [3.63, 3.8) is 0 Å². The number of hydrogen-bond acceptors (Lipinski definition) is 4. The molecule has 0 aliphatic rings. The fourth-order valence-corrected chi connectivity index (χ4v) is 1.31. The second-order valence-electron chi connectivity index (χ2n) is 3.60. The Labute approximate surface area is 99.5 Å². The van der Waals surface area contributed by atoms with Crippen LogP contribution in [-0.2, 0) is 9.53 Å². The summed E-state index contributed by atoms with van der Waals surface area (Å²) in [5.41, 5.74) is 1.02. The molecule has 0 heterocycles. The van der Waals surface area contributed by atoms with Crippen molar-refractivity contribution in [2.75, 3.05) is 7.11 Å². The second-order valence-corrected chi connectivity index (χ2v) is 3.60. The van der Waals surface area contributed by atoms with Gasteiger partial charge in [-0.2, -0.15) is 0 Å². The highest BCUT2D eigenvalue weighted by molar-refractivity contribution is 5.94. The van der Waals surface area contributed by atoms with E-state index in [9.17, 15) is 14.7 Å². The summed E-state index contributed by atoms with van der Waals surface area (Å²) in [4.78, 5) is 22.2. The minimum atomic E-state index is -1.04. The van der Waals surface area contributed by atoms with Crippen molar-refractivity contribution in [1.29, 1.82) is 0 Å². The Balaban J connectivity index is 2.91. The number of hydrogen-bond donors (Lipinski definition) is 1. The summed E-state index contributed by atoms with van der Waals surface area (Å²) in [7, 11) is 1.29. The third-order valence-corrected chi connectivity index (χ3v) is 2.43. The summed E-state index contributed by atoms with van der Waals surface area (Å²) < 4.78 is 4.55. The summed E-state index contributed by atoms with van der Waals surface area (Å²) in [5.74, 6) is -0.717. The number of aliphatic hydroxyl groups is 1. The molecule has 1 unspecified atom stereocenters. The Bertz CT molecular complexity index is 445. The Hall–Kier alpha value is -1.94. The molecule has 4 heteroatoms. The molecular weight excluding hydrogens is 220 g/mol. The van der Waals surface area contributed by atoms with E-state index in [0.717, 1.165) is 0 Å². The van der Waals surface area contributed by atoms with E-state index in [4.69, 9.17) is 0 Å². The van der Waals surface area contributed by atoms with Gasteiger partial charge >= 0.3 is 5.97 Å². The molecule has 1 aromatic carbocycles. The SMILES string of the molecule is C=C(C(C)=O)C(O)c1ccc(C(=O)OC)cc1. The van der Waals surface area contributed by atoms with Crippen molar-refractivity contribution in [3.8, 4) is 0 Å². The van der Waals surface area contributed by atoms with Gasteiger partial charge in [0.25, 0.3) is 0 Å². The minimum absolute atomic E-state index is 0.121. The number of ether oxygens (including phenoxy) is 1. The maximum Gasteiger partial charge on any atom is 0.337 e. The van der Waals surface area contributed by atoms with E-state index in [1.54, 1.807) is 12.1 Å². The first-order valence-corrected chi connectivity index (χ1v) is 5.03. The third-order valence-electron chi connectivity index (χ3n) is 2.43. The van der Waals surface area contributed by atoms with Crippen molar-refractivity contribution >= 4 is 11.8 Å². The van der Waals surface area contributed by atoms with Gasteiger partial charge in [-0.1, -0.05) is 18.7 Å². The van der Waals surface area contributed by atoms with Crippen molar-refractivity contribution in [1.82, 2.24) is 0 Å². The number of carbonyl (C=O) groups excluding carboxylic acids is 2. The standard InChI is InChI=1S/C13H14O4/c1-8(9(2)14)12(15)10-4-6-11(7-5-10)13(16)17-3/h4-7,12,15H,1H2,2-3H3. The highest BCUT2D eigenvalue weighted by atomic mass is 16.5. The third kappa shape index (κ3) is 3.01. The van der Waals surface area contributed by atoms with Crippen LogP contribution in [0.1, 0.15) is 28.9 Å². The summed E-state index contributed by atoms with van der Waals surface area (Å²) in [6.07, 6.45) is -1.04. The zero-order valence-electron chi connectivity index (χ0n) is 9.77. The molecule has 1 rings (SSSR count). The van der Waals surface area contributed by atoms with E-state index in [1.165, 1.54) is 26.2 Å². The topological polar surface area (TPSA) is 63.6 Å². The first-order valence-electron chi connectivity index (χ1n) is 5.03. The number of rotatable bonds is 4. The second kappa shape index (κ2) is 5.41. The summed E-state index contributed by atoms with van der Waals surface area (Å²) >= 11 is 0. The summed E-state index contributed by atoms with van der Waals surface area (Å²) in [6, 6.07) is 6.17. The van der Waals surface area contributed by atoms with Crippen LogP contribution in [0.5, 0.6) is 0 Å². The molecule has 0 aliphatic carbocycles. The average Bonchev–Trinajstić information content (AvgIpc) is 2.36. The van der Waals surface area contributed by atoms with Crippen molar-refractivity contribution in [3.05, 3.63) is 47.5 Å². The smallest absolute Gasteiger partial charge is 0.337 e. The normalized spacial score (nSPS) is 11.7. The number of ketones is 1. The largest absolute Gasteiger partial charge is 0.465 e. The van der Waals surface area contributed by atoms with E-state index < -0.39 is 12.1 Å². The number of methoxy groups -OCH3 is 1. The molecule has 1 aromatic rings. The zero-order chi connectivity index (χ0) is 13.0. The lowest BCUT2D eigenvalue weighted by Gasteiger charge is -2.11. The zero-order valence-corrected chi connectivity index (χ0v) is 9.77. The Kier molecular flexibility index (Phi) is 4.17. The molecule has 1 N–H and O–H groups in total. The fraction of sp³-hybridized carbons (Fsp3) is 0.231. The number of benzene rings is 1. The number of esters is 1. The maximum atomic E-state index is 11.2. The molecule has 0 aliphatic heterocycles. The van der Waals surface area contributed by atoms with Crippen LogP contribution in [0.4, 0.5) is 0 Å². The van der Waals surface area contributed by atoms with E-state index in [2.05, 4.69) is 11.3 Å². The monoisotopic (exact) mass is 234 g/mol. The summed E-state index contributed by atoms with van der Waals surface area (Å²) in [5, 5.41) is 9.81. The lowest BCUT2D eigenvalue weighted by molar-refractivity contribution is -0.114. The van der Waals surface area contributed by atoms with Gasteiger partial charge in [0.05, 0.1) is 12.7 Å². The van der Waals surface area contributed by atoms with Crippen molar-refractivity contribution in [2.45, 2.75) is 13.0 Å². The van der Waals surface area contributed by atoms with Crippen LogP contribution in [-0.4, -0.2) is 24.0 Å². The van der Waals surface area contributed by atoms with E-state index in [0.29, 0.717) is 11.1 Å². The van der Waals surface area contributed by atoms with E-state index >= 15 is 0 Å². The van der Waals surface area contributed by atoms with Gasteiger partial charge in [0.1, 0.15) is 6.10 Å². The molecule has 0 saturated heterocycles. The van der Waals surface area contributed by atoms with E-state index in [1.807, 2.05) is 0 Å². The minimum Gasteiger partial charge on any atom is -0.465 e. The highest BCUT2D eigenvalue weighted by Gasteiger charge is 2.15. The quantitative estimate of drug-likeness (QED) is 0.635. The number of Topliss-reactive ketones (excluding diaryl/α,β-unsaturated/α-hetero) is 1. The van der Waals surface area contributed by atoms with Crippen LogP contribution in [0.15, 0.2) is 36.4 Å². The Morgan fingerprint density at radius 2 is 1.82 bits per heavy atom. The average molecular weight is 234 g/mol. The van der Waals surface area contributed by atoms with Crippen molar-refractivity contribution in [2.24, 2.45) is 0 Å². The fourth-order valence-electron chi connectivity index (χ4n) is 1.31. The molecule has 90 valence electrons. The first kappa shape index (κ1) is 13.1. The Morgan fingerprint density at radius 1 is 1.29 bits per heavy atom. The molecule has 0 amide bonds. The van der Waals surface area contributed by atoms with Crippen LogP contribution < -0.4 is 0 Å². The van der Waals surface area contributed by atoms with Crippen LogP contribution >= 0.6 is 0 Å². The summed E-state index contributed by atoms with van der Waals surface area (Å²) in [6.45, 7) is 4.85. The van der Waals surface area contributed by atoms with Gasteiger partial charge in [-0.25, -0.2) is 4.79 Å². The molecule has 0 saturated carbocycles. The van der Waals surface area contributed by atoms with Gasteiger partial charge in [-0.15, -0.1) is 0 Å². The predicted octanol–water partition coefficient (Wildman–Crippen LogP) is 1.65. The maximum absolute atomic E-state index is 11.2. The highest BCUT2D eigenvalue weighted by Crippen LogP contribution is 2.21. The Morgan fingerprint density at radius 3 is 2.24 bits per heavy atom. The van der Waals surface area contributed by atoms with E-state index in [-0.39, 0.29) is 11.4 Å². The van der Waals surface area contributed by atoms with Gasteiger partial charge < -0.3 is 9.84 Å². The van der Waals surface area contributed by atoms with Crippen LogP contribution in [0.2, 0.25) is 0 Å². The lowest BCUT2D eigenvalue weighted by Crippen LogP contribution is -2.08. The number of carbonyl (C=O) groups is 2. The molecule has 0 bridgehead atoms. The molecule has 0 radical (unpaired) electrons. The number of aliphatic hydroxyl groups excluding tert-OH is 1. The van der Waals surface area contributed by atoms with Gasteiger partial charge in [0, 0.05) is 5.57 Å². The molecule has 1 atom stereocenters. The van der Waals surface area contributed by atoms with Gasteiger partial charge in [-0.3, -0.25) is 4.79 Å². The molecular formula is C13H14O4. The molecule has 17 heavy (non-hydrogen) atoms.